The lowest BCUT2D eigenvalue weighted by Crippen LogP contribution is -2.29. The van der Waals surface area contributed by atoms with Gasteiger partial charge in [-0.3, -0.25) is 19.0 Å². The molecule has 3 aromatic heterocycles. The second kappa shape index (κ2) is 8.57. The van der Waals surface area contributed by atoms with Crippen LogP contribution in [0, 0.1) is 0 Å². The van der Waals surface area contributed by atoms with Gasteiger partial charge >= 0.3 is 0 Å². The summed E-state index contributed by atoms with van der Waals surface area (Å²) in [5.74, 6) is -0.437. The molecule has 1 N–H and O–H groups in total. The standard InChI is InChI=1S/C23H21N5O2/c1-27(16-12-17-10-13-24-14-11-17)23(30)20-19-9-5-6-15-28(19)21(26-20)22(29)25-18-7-3-2-4-8-18/h2-11,13-15H,12,16H2,1H3,(H,25,29). The number of anilines is 1. The Morgan fingerprint density at radius 2 is 1.73 bits per heavy atom. The number of likely N-dealkylation sites (N-methyl/N-ethyl adjacent to an activating group) is 1. The molecule has 0 aliphatic carbocycles. The van der Waals surface area contributed by atoms with Crippen molar-refractivity contribution in [3.8, 4) is 0 Å². The molecule has 0 unspecified atom stereocenters. The first-order chi connectivity index (χ1) is 14.6. The molecule has 7 heteroatoms. The van der Waals surface area contributed by atoms with Gasteiger partial charge in [0.15, 0.2) is 5.69 Å². The maximum Gasteiger partial charge on any atom is 0.292 e. The molecule has 0 atom stereocenters. The molecule has 0 radical (unpaired) electrons. The number of amides is 2. The van der Waals surface area contributed by atoms with Gasteiger partial charge < -0.3 is 10.2 Å². The number of imidazole rings is 1. The number of benzene rings is 1. The van der Waals surface area contributed by atoms with Crippen molar-refractivity contribution < 1.29 is 9.59 Å². The topological polar surface area (TPSA) is 79.6 Å². The molecule has 2 amide bonds. The Hall–Kier alpha value is -4.00. The van der Waals surface area contributed by atoms with Crippen molar-refractivity contribution in [1.29, 1.82) is 0 Å². The summed E-state index contributed by atoms with van der Waals surface area (Å²) in [7, 11) is 1.74. The van der Waals surface area contributed by atoms with Gasteiger partial charge in [0.2, 0.25) is 5.82 Å². The Labute approximate surface area is 174 Å². The van der Waals surface area contributed by atoms with Crippen LogP contribution in [-0.4, -0.2) is 44.7 Å². The number of carbonyl (C=O) groups is 2. The quantitative estimate of drug-likeness (QED) is 0.540. The number of carbonyl (C=O) groups excluding carboxylic acids is 2. The van der Waals surface area contributed by atoms with E-state index in [9.17, 15) is 9.59 Å². The van der Waals surface area contributed by atoms with Gasteiger partial charge in [-0.2, -0.15) is 0 Å². The third kappa shape index (κ3) is 4.05. The maximum atomic E-state index is 13.1. The molecular weight excluding hydrogens is 378 g/mol. The number of pyridine rings is 2. The summed E-state index contributed by atoms with van der Waals surface area (Å²) in [5, 5.41) is 2.83. The predicted octanol–water partition coefficient (Wildman–Crippen LogP) is 3.30. The number of nitrogens with zero attached hydrogens (tertiary/aromatic N) is 4. The number of hydrogen-bond acceptors (Lipinski definition) is 4. The Morgan fingerprint density at radius 3 is 2.50 bits per heavy atom. The number of rotatable bonds is 6. The highest BCUT2D eigenvalue weighted by Crippen LogP contribution is 2.17. The lowest BCUT2D eigenvalue weighted by molar-refractivity contribution is 0.0793. The van der Waals surface area contributed by atoms with Crippen LogP contribution in [0.15, 0.2) is 79.3 Å². The second-order valence-corrected chi connectivity index (χ2v) is 6.89. The molecule has 0 saturated carbocycles. The molecular formula is C23H21N5O2. The zero-order valence-corrected chi connectivity index (χ0v) is 16.5. The zero-order valence-electron chi connectivity index (χ0n) is 16.5. The fraction of sp³-hybridized carbons (Fsp3) is 0.130. The highest BCUT2D eigenvalue weighted by atomic mass is 16.2. The minimum atomic E-state index is -0.374. The average Bonchev–Trinajstić information content (AvgIpc) is 3.18. The van der Waals surface area contributed by atoms with Gasteiger partial charge in [-0.1, -0.05) is 24.3 Å². The molecule has 150 valence electrons. The molecule has 0 spiro atoms. The molecule has 1 aromatic carbocycles. The van der Waals surface area contributed by atoms with Gasteiger partial charge in [0, 0.05) is 37.9 Å². The van der Waals surface area contributed by atoms with Gasteiger partial charge in [0.25, 0.3) is 11.8 Å². The summed E-state index contributed by atoms with van der Waals surface area (Å²) < 4.78 is 1.64. The van der Waals surface area contributed by atoms with Crippen molar-refractivity contribution in [2.75, 3.05) is 18.9 Å². The molecule has 7 nitrogen and oxygen atoms in total. The van der Waals surface area contributed by atoms with Gasteiger partial charge in [-0.15, -0.1) is 0 Å². The summed E-state index contributed by atoms with van der Waals surface area (Å²) in [6.07, 6.45) is 5.91. The van der Waals surface area contributed by atoms with Crippen LogP contribution in [0.4, 0.5) is 5.69 Å². The fourth-order valence-corrected chi connectivity index (χ4v) is 3.19. The third-order valence-corrected chi connectivity index (χ3v) is 4.82. The second-order valence-electron chi connectivity index (χ2n) is 6.89. The van der Waals surface area contributed by atoms with Crippen LogP contribution in [0.25, 0.3) is 5.52 Å². The number of aromatic nitrogens is 3. The Balaban J connectivity index is 1.58. The van der Waals surface area contributed by atoms with E-state index in [0.717, 1.165) is 5.56 Å². The molecule has 0 bridgehead atoms. The highest BCUT2D eigenvalue weighted by molar-refractivity contribution is 6.06. The average molecular weight is 399 g/mol. The van der Waals surface area contributed by atoms with Crippen LogP contribution in [0.5, 0.6) is 0 Å². The summed E-state index contributed by atoms with van der Waals surface area (Å²) in [6, 6.07) is 18.4. The van der Waals surface area contributed by atoms with Crippen molar-refractivity contribution in [2.45, 2.75) is 6.42 Å². The van der Waals surface area contributed by atoms with Crippen molar-refractivity contribution in [1.82, 2.24) is 19.3 Å². The van der Waals surface area contributed by atoms with E-state index in [0.29, 0.717) is 24.2 Å². The number of nitrogens with one attached hydrogen (secondary N) is 1. The maximum absolute atomic E-state index is 13.1. The molecule has 0 aliphatic heterocycles. The molecule has 4 rings (SSSR count). The van der Waals surface area contributed by atoms with E-state index >= 15 is 0 Å². The van der Waals surface area contributed by atoms with Crippen molar-refractivity contribution in [2.24, 2.45) is 0 Å². The van der Waals surface area contributed by atoms with E-state index in [1.54, 1.807) is 59.2 Å². The largest absolute Gasteiger partial charge is 0.340 e. The van der Waals surface area contributed by atoms with E-state index in [1.165, 1.54) is 0 Å². The Bertz CT molecular complexity index is 1170. The fourth-order valence-electron chi connectivity index (χ4n) is 3.19. The first kappa shape index (κ1) is 19.3. The van der Waals surface area contributed by atoms with Crippen LogP contribution in [0.1, 0.15) is 26.7 Å². The van der Waals surface area contributed by atoms with E-state index < -0.39 is 0 Å². The third-order valence-electron chi connectivity index (χ3n) is 4.82. The van der Waals surface area contributed by atoms with Crippen molar-refractivity contribution in [3.63, 3.8) is 0 Å². The molecule has 0 aliphatic rings. The SMILES string of the molecule is CN(CCc1ccncc1)C(=O)c1nc(C(=O)Nc2ccccc2)n2ccccc12. The lowest BCUT2D eigenvalue weighted by atomic mass is 10.2. The van der Waals surface area contributed by atoms with E-state index in [2.05, 4.69) is 15.3 Å². The zero-order chi connectivity index (χ0) is 20.9. The summed E-state index contributed by atoms with van der Waals surface area (Å²) in [6.45, 7) is 0.528. The minimum absolute atomic E-state index is 0.167. The summed E-state index contributed by atoms with van der Waals surface area (Å²) in [5.41, 5.74) is 2.61. The smallest absolute Gasteiger partial charge is 0.292 e. The summed E-state index contributed by atoms with van der Waals surface area (Å²) in [4.78, 5) is 35.9. The predicted molar refractivity (Wildman–Crippen MR) is 114 cm³/mol. The Kier molecular flexibility index (Phi) is 5.52. The van der Waals surface area contributed by atoms with Crippen molar-refractivity contribution in [3.05, 3.63) is 96.3 Å². The highest BCUT2D eigenvalue weighted by Gasteiger charge is 2.23. The van der Waals surface area contributed by atoms with Gasteiger partial charge in [-0.05, 0) is 48.4 Å². The van der Waals surface area contributed by atoms with E-state index in [-0.39, 0.29) is 23.3 Å². The Morgan fingerprint density at radius 1 is 1.00 bits per heavy atom. The molecule has 0 fully saturated rings. The van der Waals surface area contributed by atoms with Crippen LogP contribution >= 0.6 is 0 Å². The normalized spacial score (nSPS) is 10.7. The van der Waals surface area contributed by atoms with E-state index in [4.69, 9.17) is 0 Å². The van der Waals surface area contributed by atoms with Crippen LogP contribution < -0.4 is 5.32 Å². The number of para-hydroxylation sites is 1. The first-order valence-electron chi connectivity index (χ1n) is 9.61. The van der Waals surface area contributed by atoms with Crippen LogP contribution in [0.2, 0.25) is 0 Å². The van der Waals surface area contributed by atoms with Crippen LogP contribution in [-0.2, 0) is 6.42 Å². The first-order valence-corrected chi connectivity index (χ1v) is 9.61. The molecule has 30 heavy (non-hydrogen) atoms. The summed E-state index contributed by atoms with van der Waals surface area (Å²) >= 11 is 0. The molecule has 3 heterocycles. The monoisotopic (exact) mass is 399 g/mol. The van der Waals surface area contributed by atoms with Crippen molar-refractivity contribution >= 4 is 23.0 Å². The number of hydrogen-bond donors (Lipinski definition) is 1. The van der Waals surface area contributed by atoms with Gasteiger partial charge in [-0.25, -0.2) is 4.98 Å². The van der Waals surface area contributed by atoms with E-state index in [1.807, 2.05) is 36.4 Å². The van der Waals surface area contributed by atoms with Crippen LogP contribution in [0.3, 0.4) is 0 Å². The lowest BCUT2D eigenvalue weighted by Gasteiger charge is -2.16. The number of fused-ring (bicyclic) bond motifs is 1. The molecule has 4 aromatic rings. The molecule has 0 saturated heterocycles. The van der Waals surface area contributed by atoms with Gasteiger partial charge in [0.1, 0.15) is 0 Å². The van der Waals surface area contributed by atoms with Gasteiger partial charge in [0.05, 0.1) is 5.52 Å². The minimum Gasteiger partial charge on any atom is -0.340 e.